The van der Waals surface area contributed by atoms with E-state index in [1.165, 1.54) is 29.8 Å². The number of rotatable bonds is 5. The van der Waals surface area contributed by atoms with Crippen LogP contribution >= 0.6 is 0 Å². The summed E-state index contributed by atoms with van der Waals surface area (Å²) in [6, 6.07) is 13.2. The minimum atomic E-state index is -0.343. The minimum Gasteiger partial charge on any atom is -0.399 e. The Morgan fingerprint density at radius 2 is 1.70 bits per heavy atom. The quantitative estimate of drug-likeness (QED) is 0.649. The van der Waals surface area contributed by atoms with Crippen molar-refractivity contribution in [2.45, 2.75) is 12.8 Å². The number of nitrogens with one attached hydrogen (secondary N) is 1. The molecule has 0 bridgehead atoms. The van der Waals surface area contributed by atoms with E-state index in [1.54, 1.807) is 0 Å². The summed E-state index contributed by atoms with van der Waals surface area (Å²) in [6.45, 7) is 0.584. The zero-order valence-electron chi connectivity index (χ0n) is 11.1. The molecule has 3 N–H and O–H groups in total. The first-order valence-electron chi connectivity index (χ1n) is 6.53. The van der Waals surface area contributed by atoms with E-state index in [0.717, 1.165) is 18.5 Å². The van der Waals surface area contributed by atoms with Crippen molar-refractivity contribution in [1.29, 1.82) is 0 Å². The Hall–Kier alpha value is -2.36. The number of nitrogen functional groups attached to an aromatic ring is 1. The largest absolute Gasteiger partial charge is 0.399 e. The SMILES string of the molecule is Nc1ccc(CCCNC(=O)c2ccc(F)cc2)cc1. The fourth-order valence-corrected chi connectivity index (χ4v) is 1.88. The first-order valence-corrected chi connectivity index (χ1v) is 6.53. The molecule has 0 fully saturated rings. The van der Waals surface area contributed by atoms with E-state index >= 15 is 0 Å². The van der Waals surface area contributed by atoms with E-state index in [1.807, 2.05) is 24.3 Å². The van der Waals surface area contributed by atoms with Crippen molar-refractivity contribution in [1.82, 2.24) is 5.32 Å². The van der Waals surface area contributed by atoms with Gasteiger partial charge < -0.3 is 11.1 Å². The highest BCUT2D eigenvalue weighted by Crippen LogP contribution is 2.07. The van der Waals surface area contributed by atoms with Crippen LogP contribution in [0.1, 0.15) is 22.3 Å². The van der Waals surface area contributed by atoms with Gasteiger partial charge in [-0.25, -0.2) is 4.39 Å². The molecule has 0 aromatic heterocycles. The second-order valence-corrected chi connectivity index (χ2v) is 4.61. The number of amides is 1. The van der Waals surface area contributed by atoms with Gasteiger partial charge in [0.2, 0.25) is 0 Å². The molecule has 4 heteroatoms. The van der Waals surface area contributed by atoms with E-state index in [2.05, 4.69) is 5.32 Å². The van der Waals surface area contributed by atoms with E-state index in [9.17, 15) is 9.18 Å². The maximum Gasteiger partial charge on any atom is 0.251 e. The fourth-order valence-electron chi connectivity index (χ4n) is 1.88. The number of carbonyl (C=O) groups excluding carboxylic acids is 1. The second-order valence-electron chi connectivity index (χ2n) is 4.61. The number of hydrogen-bond donors (Lipinski definition) is 2. The molecule has 20 heavy (non-hydrogen) atoms. The summed E-state index contributed by atoms with van der Waals surface area (Å²) in [5.41, 5.74) is 8.02. The Labute approximate surface area is 117 Å². The van der Waals surface area contributed by atoms with Gasteiger partial charge in [0.15, 0.2) is 0 Å². The molecule has 0 unspecified atom stereocenters. The predicted octanol–water partition coefficient (Wildman–Crippen LogP) is 2.77. The molecule has 2 rings (SSSR count). The fraction of sp³-hybridized carbons (Fsp3) is 0.188. The molecule has 0 aliphatic rings. The molecular weight excluding hydrogens is 255 g/mol. The highest BCUT2D eigenvalue weighted by atomic mass is 19.1. The van der Waals surface area contributed by atoms with Crippen molar-refractivity contribution in [3.63, 3.8) is 0 Å². The summed E-state index contributed by atoms with van der Waals surface area (Å²) < 4.78 is 12.7. The van der Waals surface area contributed by atoms with Crippen LogP contribution in [-0.2, 0) is 6.42 Å². The third-order valence-corrected chi connectivity index (χ3v) is 3.01. The Bertz CT molecular complexity index is 564. The van der Waals surface area contributed by atoms with Crippen LogP contribution in [-0.4, -0.2) is 12.5 Å². The number of hydrogen-bond acceptors (Lipinski definition) is 2. The number of aryl methyl sites for hydroxylation is 1. The highest BCUT2D eigenvalue weighted by Gasteiger charge is 2.04. The van der Waals surface area contributed by atoms with Crippen LogP contribution in [0, 0.1) is 5.82 Å². The van der Waals surface area contributed by atoms with Crippen LogP contribution in [0.15, 0.2) is 48.5 Å². The van der Waals surface area contributed by atoms with Crippen LogP contribution < -0.4 is 11.1 Å². The molecule has 0 saturated heterocycles. The lowest BCUT2D eigenvalue weighted by molar-refractivity contribution is 0.0953. The zero-order valence-corrected chi connectivity index (χ0v) is 11.1. The van der Waals surface area contributed by atoms with Gasteiger partial charge in [-0.3, -0.25) is 4.79 Å². The first kappa shape index (κ1) is 14.1. The molecule has 0 aliphatic heterocycles. The number of anilines is 1. The minimum absolute atomic E-state index is 0.178. The van der Waals surface area contributed by atoms with Crippen molar-refractivity contribution >= 4 is 11.6 Å². The molecule has 0 radical (unpaired) electrons. The summed E-state index contributed by atoms with van der Waals surface area (Å²) in [5.74, 6) is -0.521. The first-order chi connectivity index (χ1) is 9.65. The Balaban J connectivity index is 1.74. The van der Waals surface area contributed by atoms with Crippen molar-refractivity contribution < 1.29 is 9.18 Å². The van der Waals surface area contributed by atoms with Crippen LogP contribution in [0.25, 0.3) is 0 Å². The molecule has 0 aliphatic carbocycles. The van der Waals surface area contributed by atoms with Gasteiger partial charge >= 0.3 is 0 Å². The summed E-state index contributed by atoms with van der Waals surface area (Å²) in [4.78, 5) is 11.8. The lowest BCUT2D eigenvalue weighted by Gasteiger charge is -2.05. The Kier molecular flexibility index (Phi) is 4.71. The highest BCUT2D eigenvalue weighted by molar-refractivity contribution is 5.94. The van der Waals surface area contributed by atoms with Crippen molar-refractivity contribution in [2.75, 3.05) is 12.3 Å². The molecule has 1 amide bonds. The summed E-state index contributed by atoms with van der Waals surface area (Å²) in [6.07, 6.45) is 1.72. The number of carbonyl (C=O) groups is 1. The smallest absolute Gasteiger partial charge is 0.251 e. The average molecular weight is 272 g/mol. The zero-order chi connectivity index (χ0) is 14.4. The molecule has 0 heterocycles. The molecule has 104 valence electrons. The van der Waals surface area contributed by atoms with Crippen LogP contribution in [0.3, 0.4) is 0 Å². The molecule has 2 aromatic carbocycles. The molecular formula is C16H17FN2O. The van der Waals surface area contributed by atoms with E-state index in [0.29, 0.717) is 12.1 Å². The lowest BCUT2D eigenvalue weighted by atomic mass is 10.1. The molecule has 0 spiro atoms. The van der Waals surface area contributed by atoms with Gasteiger partial charge in [-0.15, -0.1) is 0 Å². The molecule has 0 saturated carbocycles. The maximum atomic E-state index is 12.7. The van der Waals surface area contributed by atoms with E-state index in [4.69, 9.17) is 5.73 Å². The average Bonchev–Trinajstić information content (AvgIpc) is 2.46. The van der Waals surface area contributed by atoms with Gasteiger partial charge in [-0.2, -0.15) is 0 Å². The molecule has 3 nitrogen and oxygen atoms in total. The normalized spacial score (nSPS) is 10.2. The summed E-state index contributed by atoms with van der Waals surface area (Å²) >= 11 is 0. The lowest BCUT2D eigenvalue weighted by Crippen LogP contribution is -2.24. The van der Waals surface area contributed by atoms with Crippen LogP contribution in [0.2, 0.25) is 0 Å². The Morgan fingerprint density at radius 3 is 2.35 bits per heavy atom. The topological polar surface area (TPSA) is 55.1 Å². The second kappa shape index (κ2) is 6.70. The number of benzene rings is 2. The Morgan fingerprint density at radius 1 is 1.05 bits per heavy atom. The van der Waals surface area contributed by atoms with Gasteiger partial charge in [-0.05, 0) is 54.8 Å². The van der Waals surface area contributed by atoms with E-state index < -0.39 is 0 Å². The number of halogens is 1. The number of nitrogens with two attached hydrogens (primary N) is 1. The van der Waals surface area contributed by atoms with Crippen molar-refractivity contribution in [3.8, 4) is 0 Å². The monoisotopic (exact) mass is 272 g/mol. The van der Waals surface area contributed by atoms with Gasteiger partial charge in [-0.1, -0.05) is 12.1 Å². The standard InChI is InChI=1S/C16H17FN2O/c17-14-7-5-13(6-8-14)16(20)19-11-1-2-12-3-9-15(18)10-4-12/h3-10H,1-2,11,18H2,(H,19,20). The van der Waals surface area contributed by atoms with Gasteiger partial charge in [0.05, 0.1) is 0 Å². The van der Waals surface area contributed by atoms with E-state index in [-0.39, 0.29) is 11.7 Å². The van der Waals surface area contributed by atoms with Gasteiger partial charge in [0, 0.05) is 17.8 Å². The van der Waals surface area contributed by atoms with Crippen LogP contribution in [0.5, 0.6) is 0 Å². The third-order valence-electron chi connectivity index (χ3n) is 3.01. The van der Waals surface area contributed by atoms with Gasteiger partial charge in [0.25, 0.3) is 5.91 Å². The molecule has 2 aromatic rings. The van der Waals surface area contributed by atoms with Gasteiger partial charge in [0.1, 0.15) is 5.82 Å². The maximum absolute atomic E-state index is 12.7. The van der Waals surface area contributed by atoms with Crippen molar-refractivity contribution in [2.24, 2.45) is 0 Å². The third kappa shape index (κ3) is 4.09. The summed E-state index contributed by atoms with van der Waals surface area (Å²) in [7, 11) is 0. The predicted molar refractivity (Wildman–Crippen MR) is 77.9 cm³/mol. The van der Waals surface area contributed by atoms with Crippen molar-refractivity contribution in [3.05, 3.63) is 65.5 Å². The summed E-state index contributed by atoms with van der Waals surface area (Å²) in [5, 5.41) is 2.81. The molecule has 0 atom stereocenters. The van der Waals surface area contributed by atoms with Crippen LogP contribution in [0.4, 0.5) is 10.1 Å².